The van der Waals surface area contributed by atoms with Crippen LogP contribution in [0.2, 0.25) is 0 Å². The second-order valence-corrected chi connectivity index (χ2v) is 15.9. The van der Waals surface area contributed by atoms with Gasteiger partial charge in [0.15, 0.2) is 0 Å². The molecule has 1 amide bonds. The third-order valence-electron chi connectivity index (χ3n) is 13.3. The average molecular weight is 510 g/mol. The van der Waals surface area contributed by atoms with Gasteiger partial charge < -0.3 is 4.90 Å². The molecule has 0 aromatic carbocycles. The summed E-state index contributed by atoms with van der Waals surface area (Å²) in [6, 6.07) is 5.48. The first-order chi connectivity index (χ1) is 17.8. The molecular weight excluding hydrogens is 462 g/mol. The molecule has 9 fully saturated rings. The third kappa shape index (κ3) is 2.90. The van der Waals surface area contributed by atoms with E-state index in [1.807, 2.05) is 0 Å². The van der Waals surface area contributed by atoms with Gasteiger partial charge in [-0.25, -0.2) is 0 Å². The largest absolute Gasteiger partial charge is 0.333 e. The SMILES string of the molecule is O=C1C2CCCCC2C2CCCC3C2N1C1CCCC2C1N3C1CCCC3SC4CCCCC4N2C31. The fourth-order valence-corrected chi connectivity index (χ4v) is 14.4. The van der Waals surface area contributed by atoms with Crippen LogP contribution in [0.25, 0.3) is 0 Å². The topological polar surface area (TPSA) is 26.8 Å². The number of fused-ring (bicyclic) bond motifs is 8. The Bertz CT molecular complexity index is 912. The second kappa shape index (κ2) is 8.37. The molecule has 4 saturated heterocycles. The van der Waals surface area contributed by atoms with E-state index < -0.39 is 0 Å². The molecule has 9 aliphatic rings. The Morgan fingerprint density at radius 1 is 0.500 bits per heavy atom. The van der Waals surface area contributed by atoms with Gasteiger partial charge in [-0.2, -0.15) is 11.8 Å². The van der Waals surface area contributed by atoms with Gasteiger partial charge in [0.1, 0.15) is 0 Å². The lowest BCUT2D eigenvalue weighted by molar-refractivity contribution is -0.225. The lowest BCUT2D eigenvalue weighted by Gasteiger charge is -2.74. The highest BCUT2D eigenvalue weighted by molar-refractivity contribution is 8.00. The maximum atomic E-state index is 14.4. The number of hydrogen-bond donors (Lipinski definition) is 0. The van der Waals surface area contributed by atoms with Gasteiger partial charge in [-0.1, -0.05) is 38.5 Å². The van der Waals surface area contributed by atoms with Crippen molar-refractivity contribution < 1.29 is 4.79 Å². The monoisotopic (exact) mass is 509 g/mol. The minimum atomic E-state index is 0.371. The lowest BCUT2D eigenvalue weighted by Crippen LogP contribution is -2.86. The first kappa shape index (κ1) is 22.5. The maximum Gasteiger partial charge on any atom is 0.226 e. The molecule has 198 valence electrons. The summed E-state index contributed by atoms with van der Waals surface area (Å²) in [4.78, 5) is 23.5. The van der Waals surface area contributed by atoms with E-state index in [4.69, 9.17) is 0 Å². The van der Waals surface area contributed by atoms with Crippen LogP contribution >= 0.6 is 11.8 Å². The number of hydrogen-bond acceptors (Lipinski definition) is 4. The predicted octanol–water partition coefficient (Wildman–Crippen LogP) is 5.44. The quantitative estimate of drug-likeness (QED) is 0.434. The van der Waals surface area contributed by atoms with Crippen LogP contribution in [0.4, 0.5) is 0 Å². The fourth-order valence-electron chi connectivity index (χ4n) is 12.4. The Hall–Kier alpha value is -0.260. The van der Waals surface area contributed by atoms with Crippen molar-refractivity contribution in [3.05, 3.63) is 0 Å². The van der Waals surface area contributed by atoms with Crippen molar-refractivity contribution in [1.29, 1.82) is 0 Å². The van der Waals surface area contributed by atoms with E-state index in [1.54, 1.807) is 0 Å². The number of rotatable bonds is 0. The van der Waals surface area contributed by atoms with Crippen molar-refractivity contribution in [3.63, 3.8) is 0 Å². The number of amides is 1. The van der Waals surface area contributed by atoms with Crippen molar-refractivity contribution >= 4 is 17.7 Å². The van der Waals surface area contributed by atoms with Crippen LogP contribution in [0.5, 0.6) is 0 Å². The lowest BCUT2D eigenvalue weighted by atomic mass is 9.58. The van der Waals surface area contributed by atoms with Crippen LogP contribution in [0.15, 0.2) is 0 Å². The molecule has 4 nitrogen and oxygen atoms in total. The summed E-state index contributed by atoms with van der Waals surface area (Å²) in [6.45, 7) is 0. The van der Waals surface area contributed by atoms with E-state index in [0.29, 0.717) is 41.9 Å². The van der Waals surface area contributed by atoms with Gasteiger partial charge in [-0.05, 0) is 82.5 Å². The van der Waals surface area contributed by atoms with E-state index in [-0.39, 0.29) is 0 Å². The third-order valence-corrected chi connectivity index (χ3v) is 15.0. The molecule has 13 unspecified atom stereocenters. The summed E-state index contributed by atoms with van der Waals surface area (Å²) in [6.07, 6.45) is 23.6. The Labute approximate surface area is 222 Å². The van der Waals surface area contributed by atoms with E-state index >= 15 is 0 Å². The molecule has 13 atom stereocenters. The van der Waals surface area contributed by atoms with Crippen molar-refractivity contribution in [2.24, 2.45) is 17.8 Å². The molecule has 5 saturated carbocycles. The molecule has 0 spiro atoms. The van der Waals surface area contributed by atoms with Crippen LogP contribution in [-0.4, -0.2) is 79.4 Å². The highest BCUT2D eigenvalue weighted by Crippen LogP contribution is 2.59. The number of thioether (sulfide) groups is 1. The number of nitrogens with zero attached hydrogens (tertiary/aromatic N) is 3. The summed E-state index contributed by atoms with van der Waals surface area (Å²) in [7, 11) is 0. The highest BCUT2D eigenvalue weighted by Gasteiger charge is 2.67. The number of piperidine rings is 1. The minimum Gasteiger partial charge on any atom is -0.333 e. The average Bonchev–Trinajstić information content (AvgIpc) is 2.93. The molecule has 5 aliphatic carbocycles. The first-order valence-electron chi connectivity index (χ1n) is 16.3. The zero-order chi connectivity index (χ0) is 23.5. The van der Waals surface area contributed by atoms with Crippen LogP contribution in [0.1, 0.15) is 109 Å². The van der Waals surface area contributed by atoms with Gasteiger partial charge in [0.2, 0.25) is 5.91 Å². The Morgan fingerprint density at radius 2 is 1.08 bits per heavy atom. The molecule has 0 aromatic heterocycles. The van der Waals surface area contributed by atoms with E-state index in [1.165, 1.54) is 109 Å². The molecule has 0 radical (unpaired) electrons. The molecule has 36 heavy (non-hydrogen) atoms. The zero-order valence-corrected chi connectivity index (χ0v) is 23.0. The number of carbonyl (C=O) groups excluding carboxylic acids is 1. The molecule has 5 heteroatoms. The van der Waals surface area contributed by atoms with Gasteiger partial charge in [0.05, 0.1) is 6.04 Å². The Balaban J connectivity index is 1.17. The second-order valence-electron chi connectivity index (χ2n) is 14.5. The number of piperazine rings is 2. The smallest absolute Gasteiger partial charge is 0.226 e. The molecule has 4 heterocycles. The number of carbonyl (C=O) groups is 1. The van der Waals surface area contributed by atoms with Crippen molar-refractivity contribution in [2.75, 3.05) is 0 Å². The van der Waals surface area contributed by atoms with Crippen molar-refractivity contribution in [3.8, 4) is 0 Å². The minimum absolute atomic E-state index is 0.371. The molecular formula is C31H47N3OS. The standard InChI is InChI=1S/C31H47N3OS/c35-31-20-9-2-1-8-18(20)19-10-5-12-22-28(19)34(31)24-14-6-13-23-29(24)33(22)25-15-7-17-27-30(25)32(23)21-11-3-4-16-26(21)36-27/h18-30H,1-17H2. The van der Waals surface area contributed by atoms with E-state index in [0.717, 1.165) is 40.6 Å². The zero-order valence-electron chi connectivity index (χ0n) is 22.2. The van der Waals surface area contributed by atoms with E-state index in [9.17, 15) is 4.79 Å². The van der Waals surface area contributed by atoms with Crippen LogP contribution in [0.3, 0.4) is 0 Å². The fraction of sp³-hybridized carbons (Fsp3) is 0.968. The summed E-state index contributed by atoms with van der Waals surface area (Å²) >= 11 is 2.46. The molecule has 0 bridgehead atoms. The van der Waals surface area contributed by atoms with Gasteiger partial charge in [0, 0.05) is 58.7 Å². The van der Waals surface area contributed by atoms with Crippen LogP contribution < -0.4 is 0 Å². The first-order valence-corrected chi connectivity index (χ1v) is 17.3. The summed E-state index contributed by atoms with van der Waals surface area (Å²) < 4.78 is 0. The Morgan fingerprint density at radius 3 is 2.00 bits per heavy atom. The van der Waals surface area contributed by atoms with Gasteiger partial charge >= 0.3 is 0 Å². The maximum absolute atomic E-state index is 14.4. The summed E-state index contributed by atoms with van der Waals surface area (Å²) in [5.41, 5.74) is 0. The van der Waals surface area contributed by atoms with E-state index in [2.05, 4.69) is 26.5 Å². The molecule has 0 aromatic rings. The van der Waals surface area contributed by atoms with Crippen molar-refractivity contribution in [2.45, 2.75) is 168 Å². The van der Waals surface area contributed by atoms with Crippen LogP contribution in [0, 0.1) is 17.8 Å². The summed E-state index contributed by atoms with van der Waals surface area (Å²) in [5, 5.41) is 1.76. The van der Waals surface area contributed by atoms with Crippen molar-refractivity contribution in [1.82, 2.24) is 14.7 Å². The van der Waals surface area contributed by atoms with Crippen LogP contribution in [-0.2, 0) is 4.79 Å². The van der Waals surface area contributed by atoms with Gasteiger partial charge in [0.25, 0.3) is 0 Å². The normalized spacial score (nSPS) is 56.1. The Kier molecular flexibility index (Phi) is 5.24. The predicted molar refractivity (Wildman–Crippen MR) is 145 cm³/mol. The van der Waals surface area contributed by atoms with Gasteiger partial charge in [-0.3, -0.25) is 14.6 Å². The molecule has 0 N–H and O–H groups in total. The molecule has 9 rings (SSSR count). The van der Waals surface area contributed by atoms with Gasteiger partial charge in [-0.15, -0.1) is 0 Å². The summed E-state index contributed by atoms with van der Waals surface area (Å²) in [5.74, 6) is 2.51. The highest BCUT2D eigenvalue weighted by atomic mass is 32.2. The molecule has 4 aliphatic heterocycles.